The molecule has 2 unspecified atom stereocenters. The highest BCUT2D eigenvalue weighted by molar-refractivity contribution is 6.41. The van der Waals surface area contributed by atoms with Crippen LogP contribution in [0.3, 0.4) is 0 Å². The van der Waals surface area contributed by atoms with Gasteiger partial charge < -0.3 is 14.9 Å². The fourth-order valence-corrected chi connectivity index (χ4v) is 5.83. The van der Waals surface area contributed by atoms with Crippen LogP contribution in [0.4, 0.5) is 0 Å². The van der Waals surface area contributed by atoms with Crippen LogP contribution in [0.1, 0.15) is 59.2 Å². The second kappa shape index (κ2) is 10.3. The van der Waals surface area contributed by atoms with Gasteiger partial charge in [-0.05, 0) is 72.7 Å². The van der Waals surface area contributed by atoms with Gasteiger partial charge in [0.15, 0.2) is 0 Å². The number of benzene rings is 3. The maximum atomic E-state index is 11.4. The van der Waals surface area contributed by atoms with E-state index in [2.05, 4.69) is 6.92 Å². The molecule has 0 radical (unpaired) electrons. The van der Waals surface area contributed by atoms with Crippen LogP contribution in [0, 0.1) is 11.3 Å². The molecule has 2 aliphatic carbocycles. The molecule has 38 heavy (non-hydrogen) atoms. The third kappa shape index (κ3) is 5.15. The van der Waals surface area contributed by atoms with Crippen molar-refractivity contribution >= 4 is 46.5 Å². The van der Waals surface area contributed by atoms with Crippen molar-refractivity contribution in [2.45, 2.75) is 37.5 Å². The van der Waals surface area contributed by atoms with Gasteiger partial charge >= 0.3 is 5.97 Å². The Morgan fingerprint density at radius 2 is 1.68 bits per heavy atom. The van der Waals surface area contributed by atoms with Crippen LogP contribution in [-0.4, -0.2) is 28.5 Å². The average Bonchev–Trinajstić information content (AvgIpc) is 3.81. The summed E-state index contributed by atoms with van der Waals surface area (Å²) in [6.45, 7) is 2.07. The second-order valence-electron chi connectivity index (χ2n) is 10.1. The van der Waals surface area contributed by atoms with Crippen LogP contribution < -0.4 is 4.74 Å². The Labute approximate surface area is 236 Å². The number of hydrogen-bond donors (Lipinski definition) is 3. The fraction of sp³-hybridized carbons (Fsp3) is 0.267. The van der Waals surface area contributed by atoms with Crippen molar-refractivity contribution in [3.8, 4) is 5.75 Å². The first-order chi connectivity index (χ1) is 18.1. The van der Waals surface area contributed by atoms with Gasteiger partial charge in [-0.15, -0.1) is 0 Å². The molecule has 5 rings (SSSR count). The number of carboxylic acids is 1. The lowest BCUT2D eigenvalue weighted by atomic mass is 9.91. The molecule has 0 amide bonds. The number of aliphatic hydroxyl groups is 1. The van der Waals surface area contributed by atoms with Crippen molar-refractivity contribution < 1.29 is 19.7 Å². The highest BCUT2D eigenvalue weighted by Crippen LogP contribution is 2.61. The van der Waals surface area contributed by atoms with Crippen molar-refractivity contribution in [3.05, 3.63) is 109 Å². The topological polar surface area (TPSA) is 90.6 Å². The highest BCUT2D eigenvalue weighted by atomic mass is 35.5. The monoisotopic (exact) mass is 569 g/mol. The SMILES string of the molecule is CC1(c2cccc(C(=O)O)c2)CC1c1ccc(OC/C(C(=N)c2c(Cl)cccc2Cl)=C(/O)C2CC2)cc1Cl. The van der Waals surface area contributed by atoms with E-state index in [0.29, 0.717) is 32.0 Å². The van der Waals surface area contributed by atoms with Crippen LogP contribution in [0.2, 0.25) is 15.1 Å². The number of hydrogen-bond acceptors (Lipinski definition) is 4. The Morgan fingerprint density at radius 3 is 2.32 bits per heavy atom. The third-order valence-corrected chi connectivity index (χ3v) is 8.48. The summed E-state index contributed by atoms with van der Waals surface area (Å²) in [6.07, 6.45) is 2.57. The molecule has 2 fully saturated rings. The number of carbonyl (C=O) groups is 1. The van der Waals surface area contributed by atoms with Crippen LogP contribution in [0.25, 0.3) is 0 Å². The Morgan fingerprint density at radius 1 is 1.00 bits per heavy atom. The Kier molecular flexibility index (Phi) is 7.21. The van der Waals surface area contributed by atoms with E-state index >= 15 is 0 Å². The minimum atomic E-state index is -0.946. The van der Waals surface area contributed by atoms with Gasteiger partial charge in [-0.3, -0.25) is 5.41 Å². The van der Waals surface area contributed by atoms with E-state index in [-0.39, 0.29) is 40.9 Å². The molecule has 3 aromatic rings. The molecule has 2 aliphatic rings. The predicted octanol–water partition coefficient (Wildman–Crippen LogP) is 8.46. The summed E-state index contributed by atoms with van der Waals surface area (Å²) in [7, 11) is 0. The minimum Gasteiger partial charge on any atom is -0.512 e. The molecule has 0 aliphatic heterocycles. The zero-order chi connectivity index (χ0) is 27.2. The molecular weight excluding hydrogens is 545 g/mol. The molecule has 0 heterocycles. The van der Waals surface area contributed by atoms with Gasteiger partial charge in [0.05, 0.1) is 26.9 Å². The first kappa shape index (κ1) is 26.6. The van der Waals surface area contributed by atoms with Crippen molar-refractivity contribution in [2.75, 3.05) is 6.61 Å². The van der Waals surface area contributed by atoms with Gasteiger partial charge in [-0.1, -0.05) is 66.0 Å². The van der Waals surface area contributed by atoms with Crippen molar-refractivity contribution in [2.24, 2.45) is 5.92 Å². The lowest BCUT2D eigenvalue weighted by molar-refractivity contribution is 0.0696. The fourth-order valence-electron chi connectivity index (χ4n) is 4.95. The first-order valence-electron chi connectivity index (χ1n) is 12.3. The van der Waals surface area contributed by atoms with Crippen molar-refractivity contribution in [1.29, 1.82) is 5.41 Å². The molecule has 0 saturated heterocycles. The summed E-state index contributed by atoms with van der Waals surface area (Å²) in [5.41, 5.74) is 2.74. The Balaban J connectivity index is 1.34. The van der Waals surface area contributed by atoms with E-state index in [1.54, 1.807) is 42.5 Å². The summed E-state index contributed by atoms with van der Waals surface area (Å²) in [4.78, 5) is 11.4. The summed E-state index contributed by atoms with van der Waals surface area (Å²) in [6, 6.07) is 17.6. The predicted molar refractivity (Wildman–Crippen MR) is 151 cm³/mol. The summed E-state index contributed by atoms with van der Waals surface area (Å²) < 4.78 is 6.01. The van der Waals surface area contributed by atoms with E-state index in [4.69, 9.17) is 44.9 Å². The van der Waals surface area contributed by atoms with Gasteiger partial charge in [0.2, 0.25) is 0 Å². The molecule has 2 atom stereocenters. The third-order valence-electron chi connectivity index (χ3n) is 7.52. The van der Waals surface area contributed by atoms with Gasteiger partial charge in [-0.25, -0.2) is 4.79 Å². The van der Waals surface area contributed by atoms with Crippen LogP contribution in [0.5, 0.6) is 5.75 Å². The van der Waals surface area contributed by atoms with E-state index in [1.807, 2.05) is 18.2 Å². The van der Waals surface area contributed by atoms with E-state index in [0.717, 1.165) is 30.4 Å². The van der Waals surface area contributed by atoms with E-state index in [1.165, 1.54) is 0 Å². The average molecular weight is 571 g/mol. The van der Waals surface area contributed by atoms with Gasteiger partial charge in [0.1, 0.15) is 18.1 Å². The molecule has 0 spiro atoms. The van der Waals surface area contributed by atoms with Crippen molar-refractivity contribution in [1.82, 2.24) is 0 Å². The molecule has 0 bridgehead atoms. The number of carboxylic acid groups (broad SMARTS) is 1. The number of aromatic carboxylic acids is 1. The quantitative estimate of drug-likeness (QED) is 0.178. The number of halogens is 3. The smallest absolute Gasteiger partial charge is 0.335 e. The number of nitrogens with one attached hydrogen (secondary N) is 1. The molecule has 3 N–H and O–H groups in total. The normalized spacial score (nSPS) is 21.0. The number of ether oxygens (including phenoxy) is 1. The minimum absolute atomic E-state index is 0.00773. The maximum Gasteiger partial charge on any atom is 0.335 e. The molecule has 5 nitrogen and oxygen atoms in total. The van der Waals surface area contributed by atoms with Gasteiger partial charge in [-0.2, -0.15) is 0 Å². The molecule has 2 saturated carbocycles. The van der Waals surface area contributed by atoms with Crippen LogP contribution in [-0.2, 0) is 5.41 Å². The van der Waals surface area contributed by atoms with Crippen LogP contribution >= 0.6 is 34.8 Å². The number of rotatable bonds is 9. The van der Waals surface area contributed by atoms with Crippen LogP contribution in [0.15, 0.2) is 72.0 Å². The molecule has 0 aromatic heterocycles. The lowest BCUT2D eigenvalue weighted by Crippen LogP contribution is -2.16. The molecular formula is C30H26Cl3NO4. The highest BCUT2D eigenvalue weighted by Gasteiger charge is 2.52. The van der Waals surface area contributed by atoms with Gasteiger partial charge in [0, 0.05) is 21.9 Å². The summed E-state index contributed by atoms with van der Waals surface area (Å²) in [5.74, 6) is -0.149. The molecule has 8 heteroatoms. The van der Waals surface area contributed by atoms with Crippen molar-refractivity contribution in [3.63, 3.8) is 0 Å². The largest absolute Gasteiger partial charge is 0.512 e. The Hall–Kier alpha value is -2.99. The maximum absolute atomic E-state index is 11.4. The number of allylic oxidation sites excluding steroid dienone is 1. The molecule has 3 aromatic carbocycles. The second-order valence-corrected chi connectivity index (χ2v) is 11.4. The van der Waals surface area contributed by atoms with E-state index < -0.39 is 5.97 Å². The van der Waals surface area contributed by atoms with Gasteiger partial charge in [0.25, 0.3) is 0 Å². The number of aliphatic hydroxyl groups excluding tert-OH is 1. The Bertz CT molecular complexity index is 1460. The lowest BCUT2D eigenvalue weighted by Gasteiger charge is -2.17. The summed E-state index contributed by atoms with van der Waals surface area (Å²) in [5, 5.41) is 30.2. The standard InChI is InChI=1S/C30H26Cl3NO4/c1-30(18-5-2-4-17(12-18)29(36)37)14-22(30)20-11-10-19(13-25(20)33)38-15-21(28(35)16-8-9-16)27(34)26-23(31)6-3-7-24(26)32/h2-7,10-13,16,22,34-35H,8-9,14-15H2,1H3,(H,36,37)/b28-21-,34-27?. The zero-order valence-electron chi connectivity index (χ0n) is 20.6. The first-order valence-corrected chi connectivity index (χ1v) is 13.4. The molecule has 196 valence electrons. The zero-order valence-corrected chi connectivity index (χ0v) is 22.9. The van der Waals surface area contributed by atoms with E-state index in [9.17, 15) is 15.0 Å². The summed E-state index contributed by atoms with van der Waals surface area (Å²) >= 11 is 19.4.